The van der Waals surface area contributed by atoms with Gasteiger partial charge >= 0.3 is 46.9 Å². The molecule has 0 saturated carbocycles. The molecule has 0 aromatic carbocycles. The third-order valence-corrected chi connectivity index (χ3v) is 0. The van der Waals surface area contributed by atoms with Gasteiger partial charge in [-0.25, -0.2) is 0 Å². The average Bonchev–Trinajstić information content (AvgIpc) is 1.25. The molecule has 10 heavy (non-hydrogen) atoms. The quantitative estimate of drug-likeness (QED) is 0.345. The third kappa shape index (κ3) is 2640. The first-order valence-electron chi connectivity index (χ1n) is 1.22. The van der Waals surface area contributed by atoms with Gasteiger partial charge in [0.2, 0.25) is 0 Å². The molecule has 0 saturated heterocycles. The predicted molar refractivity (Wildman–Crippen MR) is 17.6 cm³/mol. The van der Waals surface area contributed by atoms with Gasteiger partial charge < -0.3 is 29.1 Å². The molecule has 0 unspecified atom stereocenters. The van der Waals surface area contributed by atoms with Crippen molar-refractivity contribution in [1.82, 2.24) is 0 Å². The number of hydrogen-bond acceptors (Lipinski definition) is 6. The van der Waals surface area contributed by atoms with E-state index in [4.69, 9.17) is 29.1 Å². The molecular formula is CAlNaO6Si. The molecule has 0 bridgehead atoms. The Morgan fingerprint density at radius 1 is 1.20 bits per heavy atom. The van der Waals surface area contributed by atoms with Crippen LogP contribution < -0.4 is 49.4 Å². The fourth-order valence-corrected chi connectivity index (χ4v) is 0. The zero-order valence-corrected chi connectivity index (χ0v) is 9.18. The monoisotopic (exact) mass is 186 g/mol. The van der Waals surface area contributed by atoms with E-state index in [9.17, 15) is 0 Å². The van der Waals surface area contributed by atoms with Gasteiger partial charge in [0.05, 0.1) is 0 Å². The van der Waals surface area contributed by atoms with Gasteiger partial charge in [0.15, 0.2) is 0 Å². The maximum Gasteiger partial charge on any atom is 3.00 e. The van der Waals surface area contributed by atoms with Crippen LogP contribution in [0.4, 0.5) is 4.79 Å². The summed E-state index contributed by atoms with van der Waals surface area (Å²) in [5.74, 6) is 0. The molecule has 0 aliphatic rings. The Bertz CT molecular complexity index is 75.7. The average molecular weight is 186 g/mol. The van der Waals surface area contributed by atoms with Crippen molar-refractivity contribution < 1.29 is 58.6 Å². The minimum absolute atomic E-state index is 0. The summed E-state index contributed by atoms with van der Waals surface area (Å²) in [5, 5.41) is 16.7. The summed E-state index contributed by atoms with van der Waals surface area (Å²) in [6, 6.07) is 0. The van der Waals surface area contributed by atoms with Gasteiger partial charge in [-0.15, -0.1) is 0 Å². The molecule has 0 aliphatic carbocycles. The first-order chi connectivity index (χ1) is 3.46. The van der Waals surface area contributed by atoms with E-state index in [1.165, 1.54) is 0 Å². The van der Waals surface area contributed by atoms with Crippen LogP contribution >= 0.6 is 0 Å². The molecule has 0 N–H and O–H groups in total. The summed E-state index contributed by atoms with van der Waals surface area (Å²) in [7, 11) is -3.63. The smallest absolute Gasteiger partial charge is 0.672 e. The Balaban J connectivity index is -0.0000000300. The first kappa shape index (κ1) is 22.4. The van der Waals surface area contributed by atoms with Gasteiger partial charge in [-0.1, -0.05) is 0 Å². The second kappa shape index (κ2) is 16.2. The summed E-state index contributed by atoms with van der Waals surface area (Å²) < 4.78 is 8.52. The van der Waals surface area contributed by atoms with E-state index in [0.717, 1.165) is 0 Å². The maximum atomic E-state index is 8.52. The summed E-state index contributed by atoms with van der Waals surface area (Å²) in [6.07, 6.45) is -2.33. The Morgan fingerprint density at radius 3 is 1.20 bits per heavy atom. The number of rotatable bonds is 0. The van der Waals surface area contributed by atoms with Crippen LogP contribution in [0.5, 0.6) is 0 Å². The second-order valence-corrected chi connectivity index (χ2v) is 1.00. The van der Waals surface area contributed by atoms with Gasteiger partial charge in [-0.3, -0.25) is 0 Å². The molecule has 0 spiro atoms. The van der Waals surface area contributed by atoms with Crippen molar-refractivity contribution in [2.24, 2.45) is 0 Å². The molecule has 0 atom stereocenters. The van der Waals surface area contributed by atoms with Crippen molar-refractivity contribution in [3.63, 3.8) is 0 Å². The van der Waals surface area contributed by atoms with Crippen molar-refractivity contribution in [2.45, 2.75) is 0 Å². The number of carbonyl (C=O) groups is 1. The molecule has 0 aromatic heterocycles. The van der Waals surface area contributed by atoms with Crippen LogP contribution in [-0.4, -0.2) is 32.7 Å². The molecular weight excluding hydrogens is 186 g/mol. The van der Waals surface area contributed by atoms with Crippen molar-refractivity contribution in [3.05, 3.63) is 0 Å². The number of carboxylic acid groups (broad SMARTS) is 2. The standard InChI is InChI=1S/CH2O3.Al.Na.O3Si/c2-1(3)4;;;1-4(2)3/h(H2,2,3,4);;;/q;+3;+1;-2/p-2. The normalized spacial score (nSPS) is 4.80. The fourth-order valence-electron chi connectivity index (χ4n) is 0. The van der Waals surface area contributed by atoms with Gasteiger partial charge in [0.25, 0.3) is 0 Å². The van der Waals surface area contributed by atoms with Crippen molar-refractivity contribution >= 4 is 32.7 Å². The van der Waals surface area contributed by atoms with Crippen LogP contribution in [0.25, 0.3) is 0 Å². The Labute approximate surface area is 90.8 Å². The minimum atomic E-state index is -3.63. The van der Waals surface area contributed by atoms with E-state index in [0.29, 0.717) is 0 Å². The summed E-state index contributed by atoms with van der Waals surface area (Å²) in [4.78, 5) is 25.4. The summed E-state index contributed by atoms with van der Waals surface area (Å²) in [5.41, 5.74) is 0. The molecule has 0 radical (unpaired) electrons. The van der Waals surface area contributed by atoms with Crippen LogP contribution in [0.1, 0.15) is 0 Å². The molecule has 48 valence electrons. The van der Waals surface area contributed by atoms with E-state index < -0.39 is 15.3 Å². The number of carbonyl (C=O) groups excluding carboxylic acids is 1. The largest absolute Gasteiger partial charge is 3.00 e. The molecule has 9 heteroatoms. The van der Waals surface area contributed by atoms with Crippen molar-refractivity contribution in [1.29, 1.82) is 0 Å². The number of hydrogen-bond donors (Lipinski definition) is 0. The maximum absolute atomic E-state index is 8.52. The first-order valence-corrected chi connectivity index (χ1v) is 2.45. The summed E-state index contributed by atoms with van der Waals surface area (Å²) >= 11 is 0. The van der Waals surface area contributed by atoms with Gasteiger partial charge in [0.1, 0.15) is 0 Å². The molecule has 0 fully saturated rings. The van der Waals surface area contributed by atoms with Crippen LogP contribution in [0.3, 0.4) is 0 Å². The predicted octanol–water partition coefficient (Wildman–Crippen LogP) is -8.70. The molecule has 6 nitrogen and oxygen atoms in total. The Hall–Kier alpha value is 0.419. The van der Waals surface area contributed by atoms with E-state index in [2.05, 4.69) is 0 Å². The van der Waals surface area contributed by atoms with Crippen LogP contribution in [0, 0.1) is 0 Å². The Morgan fingerprint density at radius 2 is 1.20 bits per heavy atom. The molecule has 0 amide bonds. The summed E-state index contributed by atoms with van der Waals surface area (Å²) in [6.45, 7) is 0. The van der Waals surface area contributed by atoms with E-state index >= 15 is 0 Å². The van der Waals surface area contributed by atoms with Crippen molar-refractivity contribution in [2.75, 3.05) is 0 Å². The molecule has 0 heterocycles. The SMILES string of the molecule is O=C([O-])[O-].O=[Si]([O-])[O-].[Al+3].[Na+]. The van der Waals surface area contributed by atoms with Crippen LogP contribution in [0.2, 0.25) is 0 Å². The van der Waals surface area contributed by atoms with Gasteiger partial charge in [-0.05, 0) is 6.16 Å². The van der Waals surface area contributed by atoms with E-state index in [-0.39, 0.29) is 46.9 Å². The van der Waals surface area contributed by atoms with Crippen LogP contribution in [-0.2, 0) is 4.46 Å². The van der Waals surface area contributed by atoms with E-state index in [1.54, 1.807) is 0 Å². The van der Waals surface area contributed by atoms with Gasteiger partial charge in [0, 0.05) is 9.17 Å². The molecule has 0 aliphatic heterocycles. The topological polar surface area (TPSA) is 126 Å². The minimum Gasteiger partial charge on any atom is -0.672 e. The molecule has 0 aromatic rings. The van der Waals surface area contributed by atoms with Gasteiger partial charge in [-0.2, -0.15) is 0 Å². The zero-order valence-electron chi connectivity index (χ0n) is 5.03. The van der Waals surface area contributed by atoms with Crippen molar-refractivity contribution in [3.8, 4) is 0 Å². The fraction of sp³-hybridized carbons (Fsp3) is 0. The third-order valence-electron chi connectivity index (χ3n) is 0. The second-order valence-electron chi connectivity index (χ2n) is 0.500. The Kier molecular flexibility index (Phi) is 36.3. The zero-order chi connectivity index (χ0) is 7.15. The van der Waals surface area contributed by atoms with E-state index in [1.807, 2.05) is 0 Å². The molecule has 0 rings (SSSR count). The van der Waals surface area contributed by atoms with Crippen LogP contribution in [0.15, 0.2) is 0 Å².